The van der Waals surface area contributed by atoms with Crippen molar-refractivity contribution < 1.29 is 24.2 Å². The van der Waals surface area contributed by atoms with Crippen molar-refractivity contribution in [3.8, 4) is 0 Å². The van der Waals surface area contributed by atoms with Crippen molar-refractivity contribution in [1.82, 2.24) is 5.32 Å². The van der Waals surface area contributed by atoms with Crippen LogP contribution in [0.15, 0.2) is 36.4 Å². The van der Waals surface area contributed by atoms with Gasteiger partial charge in [0.15, 0.2) is 12.2 Å². The molecule has 3 aliphatic heterocycles. The van der Waals surface area contributed by atoms with Crippen LogP contribution in [0.25, 0.3) is 0 Å². The second-order valence-corrected chi connectivity index (χ2v) is 9.12. The Balaban J connectivity index is 1.32. The van der Waals surface area contributed by atoms with Crippen molar-refractivity contribution in [1.29, 1.82) is 5.41 Å². The second-order valence-electron chi connectivity index (χ2n) is 9.12. The van der Waals surface area contributed by atoms with Crippen LogP contribution in [0.2, 0.25) is 0 Å². The number of benzene rings is 2. The first-order valence-electron chi connectivity index (χ1n) is 11.0. The highest BCUT2D eigenvalue weighted by atomic mass is 16.5. The molecule has 10 heteroatoms. The lowest BCUT2D eigenvalue weighted by molar-refractivity contribution is -0.150. The highest BCUT2D eigenvalue weighted by Crippen LogP contribution is 2.39. The van der Waals surface area contributed by atoms with Crippen LogP contribution in [-0.4, -0.2) is 54.0 Å². The van der Waals surface area contributed by atoms with Gasteiger partial charge in [-0.15, -0.1) is 0 Å². The van der Waals surface area contributed by atoms with E-state index in [0.717, 1.165) is 16.7 Å². The van der Waals surface area contributed by atoms with Gasteiger partial charge < -0.3 is 30.7 Å². The lowest BCUT2D eigenvalue weighted by Gasteiger charge is -2.34. The molecule has 5 rings (SSSR count). The summed E-state index contributed by atoms with van der Waals surface area (Å²) in [5, 5.41) is 26.9. The van der Waals surface area contributed by atoms with Gasteiger partial charge in [0, 0.05) is 35.7 Å². The Morgan fingerprint density at radius 2 is 2.06 bits per heavy atom. The molecule has 10 nitrogen and oxygen atoms in total. The van der Waals surface area contributed by atoms with Crippen LogP contribution < -0.4 is 20.9 Å². The zero-order chi connectivity index (χ0) is 24.2. The fourth-order valence-electron chi connectivity index (χ4n) is 4.51. The molecule has 5 N–H and O–H groups in total. The van der Waals surface area contributed by atoms with Crippen LogP contribution in [0.5, 0.6) is 0 Å². The largest absolute Gasteiger partial charge is 0.380 e. The van der Waals surface area contributed by atoms with Crippen molar-refractivity contribution >= 4 is 40.6 Å². The number of fused-ring (bicyclic) bond motifs is 2. The molecular formula is C24H25N5O5. The lowest BCUT2D eigenvalue weighted by Crippen LogP contribution is -2.55. The molecule has 2 atom stereocenters. The summed E-state index contributed by atoms with van der Waals surface area (Å²) in [5.74, 6) is -1.08. The van der Waals surface area contributed by atoms with E-state index < -0.39 is 29.4 Å². The SMILES string of the molecule is CC1(C)C(=O)Nc2ccc(N3CCO[C@H]([C@@H](O)C(=O)Nc4ccc5c(c4)CNC5=N)C3=O)cc21. The van der Waals surface area contributed by atoms with Crippen LogP contribution >= 0.6 is 0 Å². The molecule has 0 spiro atoms. The molecule has 176 valence electrons. The molecule has 3 amide bonds. The third-order valence-corrected chi connectivity index (χ3v) is 6.58. The summed E-state index contributed by atoms with van der Waals surface area (Å²) in [6.07, 6.45) is -3.08. The number of morpholine rings is 1. The van der Waals surface area contributed by atoms with Crippen LogP contribution in [0.1, 0.15) is 30.5 Å². The molecule has 1 fully saturated rings. The number of amidine groups is 1. The Kier molecular flexibility index (Phi) is 5.14. The summed E-state index contributed by atoms with van der Waals surface area (Å²) in [7, 11) is 0. The molecule has 0 aromatic heterocycles. The Morgan fingerprint density at radius 1 is 1.26 bits per heavy atom. The number of hydrogen-bond acceptors (Lipinski definition) is 6. The van der Waals surface area contributed by atoms with Crippen molar-refractivity contribution in [2.45, 2.75) is 38.0 Å². The van der Waals surface area contributed by atoms with E-state index in [1.807, 2.05) is 13.8 Å². The number of ether oxygens (including phenoxy) is 1. The van der Waals surface area contributed by atoms with Crippen LogP contribution in [0.4, 0.5) is 17.1 Å². The number of rotatable bonds is 4. The predicted molar refractivity (Wildman–Crippen MR) is 125 cm³/mol. The van der Waals surface area contributed by atoms with E-state index in [2.05, 4.69) is 16.0 Å². The lowest BCUT2D eigenvalue weighted by atomic mass is 9.86. The zero-order valence-corrected chi connectivity index (χ0v) is 18.8. The number of amides is 3. The fraction of sp³-hybridized carbons (Fsp3) is 0.333. The molecule has 3 aliphatic rings. The maximum Gasteiger partial charge on any atom is 0.259 e. The molecule has 1 saturated heterocycles. The Hall–Kier alpha value is -3.76. The zero-order valence-electron chi connectivity index (χ0n) is 18.8. The Labute approximate surface area is 195 Å². The number of nitrogens with zero attached hydrogens (tertiary/aromatic N) is 1. The van der Waals surface area contributed by atoms with Gasteiger partial charge in [0.2, 0.25) is 5.91 Å². The van der Waals surface area contributed by atoms with Gasteiger partial charge in [0.05, 0.1) is 12.0 Å². The van der Waals surface area contributed by atoms with E-state index in [1.165, 1.54) is 4.90 Å². The van der Waals surface area contributed by atoms with Gasteiger partial charge in [-0.1, -0.05) is 0 Å². The van der Waals surface area contributed by atoms with E-state index in [4.69, 9.17) is 10.1 Å². The van der Waals surface area contributed by atoms with Gasteiger partial charge in [-0.2, -0.15) is 0 Å². The van der Waals surface area contributed by atoms with Gasteiger partial charge in [-0.05, 0) is 61.4 Å². The molecule has 0 radical (unpaired) electrons. The van der Waals surface area contributed by atoms with Crippen LogP contribution in [0, 0.1) is 5.41 Å². The first-order valence-corrected chi connectivity index (χ1v) is 11.0. The van der Waals surface area contributed by atoms with E-state index in [0.29, 0.717) is 29.4 Å². The summed E-state index contributed by atoms with van der Waals surface area (Å²) in [4.78, 5) is 39.6. The number of hydrogen-bond donors (Lipinski definition) is 5. The summed E-state index contributed by atoms with van der Waals surface area (Å²) < 4.78 is 5.49. The average molecular weight is 463 g/mol. The van der Waals surface area contributed by atoms with Crippen LogP contribution in [-0.2, 0) is 31.1 Å². The number of anilines is 3. The molecule has 0 bridgehead atoms. The highest BCUT2D eigenvalue weighted by molar-refractivity contribution is 6.08. The monoisotopic (exact) mass is 463 g/mol. The molecule has 34 heavy (non-hydrogen) atoms. The standard InChI is InChI=1S/C24H25N5O5/c1-24(2)16-10-14(4-6-17(16)28-23(24)33)29-7-8-34-19(22(29)32)18(30)21(31)27-13-3-5-15-12(9-13)11-26-20(15)25/h3-6,9-10,18-19,30H,7-8,11H2,1-2H3,(H2,25,26)(H,27,31)(H,28,33)/t18-,19-/m1/s1. The van der Waals surface area contributed by atoms with Gasteiger partial charge >= 0.3 is 0 Å². The molecule has 2 aromatic rings. The topological polar surface area (TPSA) is 144 Å². The molecule has 2 aromatic carbocycles. The van der Waals surface area contributed by atoms with E-state index in [-0.39, 0.29) is 19.1 Å². The fourth-order valence-corrected chi connectivity index (χ4v) is 4.51. The number of nitrogens with one attached hydrogen (secondary N) is 4. The maximum atomic E-state index is 13.2. The minimum Gasteiger partial charge on any atom is -0.380 e. The molecular weight excluding hydrogens is 438 g/mol. The maximum absolute atomic E-state index is 13.2. The predicted octanol–water partition coefficient (Wildman–Crippen LogP) is 1.08. The summed E-state index contributed by atoms with van der Waals surface area (Å²) in [5.41, 5.74) is 3.40. The summed E-state index contributed by atoms with van der Waals surface area (Å²) in [6.45, 7) is 4.51. The normalized spacial score (nSPS) is 21.4. The van der Waals surface area contributed by atoms with Crippen molar-refractivity contribution in [3.05, 3.63) is 53.1 Å². The Morgan fingerprint density at radius 3 is 2.85 bits per heavy atom. The third kappa shape index (κ3) is 3.51. The van der Waals surface area contributed by atoms with Gasteiger partial charge in [0.1, 0.15) is 5.84 Å². The summed E-state index contributed by atoms with van der Waals surface area (Å²) >= 11 is 0. The molecule has 0 unspecified atom stereocenters. The minimum absolute atomic E-state index is 0.114. The van der Waals surface area contributed by atoms with E-state index in [1.54, 1.807) is 36.4 Å². The molecule has 3 heterocycles. The number of carbonyl (C=O) groups excluding carboxylic acids is 3. The first kappa shape index (κ1) is 22.1. The third-order valence-electron chi connectivity index (χ3n) is 6.58. The number of aliphatic hydroxyl groups is 1. The van der Waals surface area contributed by atoms with Gasteiger partial charge in [-0.25, -0.2) is 0 Å². The van der Waals surface area contributed by atoms with Crippen molar-refractivity contribution in [2.24, 2.45) is 0 Å². The Bertz CT molecular complexity index is 1240. The number of carbonyl (C=O) groups is 3. The van der Waals surface area contributed by atoms with Gasteiger partial charge in [-0.3, -0.25) is 19.8 Å². The smallest absolute Gasteiger partial charge is 0.259 e. The van der Waals surface area contributed by atoms with E-state index in [9.17, 15) is 19.5 Å². The highest BCUT2D eigenvalue weighted by Gasteiger charge is 2.42. The molecule has 0 saturated carbocycles. The van der Waals surface area contributed by atoms with Crippen molar-refractivity contribution in [3.63, 3.8) is 0 Å². The van der Waals surface area contributed by atoms with Crippen LogP contribution in [0.3, 0.4) is 0 Å². The summed E-state index contributed by atoms with van der Waals surface area (Å²) in [6, 6.07) is 10.4. The first-order chi connectivity index (χ1) is 16.2. The van der Waals surface area contributed by atoms with Crippen molar-refractivity contribution in [2.75, 3.05) is 28.7 Å². The average Bonchev–Trinajstić information content (AvgIpc) is 3.29. The van der Waals surface area contributed by atoms with E-state index >= 15 is 0 Å². The quantitative estimate of drug-likeness (QED) is 0.459. The second kappa shape index (κ2) is 7.93. The number of aliphatic hydroxyl groups excluding tert-OH is 1. The van der Waals surface area contributed by atoms with Gasteiger partial charge in [0.25, 0.3) is 11.8 Å². The molecule has 0 aliphatic carbocycles. The minimum atomic E-state index is -1.71.